The van der Waals surface area contributed by atoms with Gasteiger partial charge in [0.2, 0.25) is 0 Å². The van der Waals surface area contributed by atoms with Gasteiger partial charge in [0.15, 0.2) is 0 Å². The maximum absolute atomic E-state index is 3.36. The predicted molar refractivity (Wildman–Crippen MR) is 15.9 cm³/mol. The van der Waals surface area contributed by atoms with Crippen molar-refractivity contribution < 1.29 is 6.15 Å². The van der Waals surface area contributed by atoms with Crippen molar-refractivity contribution in [3.63, 3.8) is 0 Å². The monoisotopic (exact) mass is 46.0 g/mol. The second kappa shape index (κ2) is 17.1. The average Bonchev–Trinajstić information content (AvgIpc) is 0.918. The third-order valence-electron chi connectivity index (χ3n) is 0. The molecule has 0 atom stereocenters. The minimum atomic E-state index is 0. The van der Waals surface area contributed by atoms with Crippen LogP contribution in [0, 0.1) is 6.15 Å². The van der Waals surface area contributed by atoms with Gasteiger partial charge >= 0.3 is 0 Å². The summed E-state index contributed by atoms with van der Waals surface area (Å²) in [7, 11) is 0. The molecule has 0 unspecified atom stereocenters. The summed E-state index contributed by atoms with van der Waals surface area (Å²) in [6, 6.07) is 0. The molecule has 0 fully saturated rings. The molecule has 0 heterocycles. The molecule has 0 saturated heterocycles. The summed E-state index contributed by atoms with van der Waals surface area (Å²) in [5.74, 6) is 0. The van der Waals surface area contributed by atoms with Crippen LogP contribution in [0.4, 0.5) is 0 Å². The number of allylic oxidation sites excluding steroid dienone is 1. The Labute approximate surface area is 26.9 Å². The van der Waals surface area contributed by atoms with Crippen LogP contribution < -0.4 is 0 Å². The van der Waals surface area contributed by atoms with Gasteiger partial charge in [-0.05, 0) is 6.92 Å². The van der Waals surface area contributed by atoms with Gasteiger partial charge in [-0.2, -0.15) is 0 Å². The third-order valence-corrected chi connectivity index (χ3v) is 0. The van der Waals surface area contributed by atoms with E-state index in [1.807, 2.05) is 6.92 Å². The van der Waals surface area contributed by atoms with Crippen molar-refractivity contribution in [2.75, 3.05) is 0 Å². The van der Waals surface area contributed by atoms with Crippen LogP contribution in [0.15, 0.2) is 12.7 Å². The van der Waals surface area contributed by atoms with Crippen molar-refractivity contribution in [2.45, 2.75) is 6.92 Å². The molecule has 4 heavy (non-hydrogen) atoms. The van der Waals surface area contributed by atoms with E-state index in [-0.39, 0.29) is 6.15 Å². The standard InChI is InChI=1S/C3H6.He/c1-3-2;/h3H,1H2,2H3;. The topological polar surface area (TPSA) is 0 Å². The summed E-state index contributed by atoms with van der Waals surface area (Å²) in [5.41, 5.74) is 0. The van der Waals surface area contributed by atoms with E-state index < -0.39 is 0 Å². The molecule has 0 aromatic carbocycles. The summed E-state index contributed by atoms with van der Waals surface area (Å²) >= 11 is 0. The van der Waals surface area contributed by atoms with E-state index in [1.165, 1.54) is 0 Å². The first-order valence-corrected chi connectivity index (χ1v) is 0.986. The summed E-state index contributed by atoms with van der Waals surface area (Å²) in [5, 5.41) is 0. The number of hydrogen-bond donors (Lipinski definition) is 0. The van der Waals surface area contributed by atoms with Gasteiger partial charge < -0.3 is 0 Å². The molecule has 0 aliphatic heterocycles. The molecule has 0 aliphatic carbocycles. The zero-order chi connectivity index (χ0) is 2.71. The second-order valence-electron chi connectivity index (χ2n) is 0.408. The molecule has 0 aliphatic rings. The second-order valence-corrected chi connectivity index (χ2v) is 0.408. The smallest absolute Gasteiger partial charge is 0 e. The summed E-state index contributed by atoms with van der Waals surface area (Å²) in [6.07, 6.45) is 1.75. The summed E-state index contributed by atoms with van der Waals surface area (Å²) in [4.78, 5) is 0. The Morgan fingerprint density at radius 3 is 1.75 bits per heavy atom. The predicted octanol–water partition coefficient (Wildman–Crippen LogP) is 1.19. The zero-order valence-corrected chi connectivity index (χ0v) is 2.99. The zero-order valence-electron chi connectivity index (χ0n) is 2.99. The normalized spacial score (nSPS) is 3.25. The largest absolute Gasteiger partial charge is 0.103 e. The first-order valence-electron chi connectivity index (χ1n) is 0.986. The van der Waals surface area contributed by atoms with Gasteiger partial charge in [0, 0.05) is 6.15 Å². The number of hydrogen-bond acceptors (Lipinski definition) is 0. The van der Waals surface area contributed by atoms with Crippen molar-refractivity contribution in [2.24, 2.45) is 0 Å². The van der Waals surface area contributed by atoms with Crippen LogP contribution >= 0.6 is 0 Å². The first kappa shape index (κ1) is 9.42. The molecule has 1 heteroatoms. The van der Waals surface area contributed by atoms with E-state index in [4.69, 9.17) is 0 Å². The van der Waals surface area contributed by atoms with Crippen LogP contribution in [0.1, 0.15) is 6.92 Å². The van der Waals surface area contributed by atoms with Crippen molar-refractivity contribution in [3.05, 3.63) is 12.7 Å². The number of rotatable bonds is 0. The quantitative estimate of drug-likeness (QED) is 0.359. The molecule has 0 N–H and O–H groups in total. The fraction of sp³-hybridized carbons (Fsp3) is 0.333. The Morgan fingerprint density at radius 2 is 1.75 bits per heavy atom. The molecule has 20 valence electrons. The van der Waals surface area contributed by atoms with Crippen molar-refractivity contribution in [1.82, 2.24) is 0 Å². The Hall–Kier alpha value is -0.351. The van der Waals surface area contributed by atoms with E-state index in [2.05, 4.69) is 6.58 Å². The van der Waals surface area contributed by atoms with Crippen molar-refractivity contribution in [1.29, 1.82) is 0 Å². The first-order chi connectivity index (χ1) is 1.41. The van der Waals surface area contributed by atoms with Gasteiger partial charge in [-0.3, -0.25) is 0 Å². The summed E-state index contributed by atoms with van der Waals surface area (Å²) < 4.78 is 0. The SMILES string of the molecule is C=CC.[He]. The minimum Gasteiger partial charge on any atom is -0.103 e. The van der Waals surface area contributed by atoms with Crippen molar-refractivity contribution in [3.8, 4) is 0 Å². The fourth-order valence-electron chi connectivity index (χ4n) is 0. The Balaban J connectivity index is 0. The molecular formula is C3H6He. The molecule has 0 amide bonds. The molecule has 0 bridgehead atoms. The van der Waals surface area contributed by atoms with Crippen molar-refractivity contribution >= 4 is 0 Å². The van der Waals surface area contributed by atoms with Crippen LogP contribution in [0.25, 0.3) is 0 Å². The van der Waals surface area contributed by atoms with Gasteiger partial charge in [-0.15, -0.1) is 6.58 Å². The Morgan fingerprint density at radius 1 is 1.75 bits per heavy atom. The van der Waals surface area contributed by atoms with Crippen LogP contribution in [0.2, 0.25) is 0 Å². The average molecular weight is 46.1 g/mol. The Kier molecular flexibility index (Phi) is 40.3. The Bertz CT molecular complexity index is 10.8. The van der Waals surface area contributed by atoms with Gasteiger partial charge in [0.1, 0.15) is 0 Å². The van der Waals surface area contributed by atoms with Crippen LogP contribution in [0.5, 0.6) is 0 Å². The van der Waals surface area contributed by atoms with Gasteiger partial charge in [-0.25, -0.2) is 0 Å². The molecule has 0 saturated carbocycles. The fourth-order valence-corrected chi connectivity index (χ4v) is 0. The minimum absolute atomic E-state index is 0. The van der Waals surface area contributed by atoms with E-state index in [1.54, 1.807) is 6.08 Å². The third kappa shape index (κ3) is 5.64. The van der Waals surface area contributed by atoms with E-state index in [0.29, 0.717) is 0 Å². The summed E-state index contributed by atoms with van der Waals surface area (Å²) in [6.45, 7) is 5.25. The van der Waals surface area contributed by atoms with Gasteiger partial charge in [0.25, 0.3) is 0 Å². The molecule has 0 radical (unpaired) electrons. The molecule has 0 aromatic heterocycles. The van der Waals surface area contributed by atoms with Gasteiger partial charge in [-0.1, -0.05) is 6.08 Å². The molecule has 0 spiro atoms. The van der Waals surface area contributed by atoms with E-state index >= 15 is 0 Å². The van der Waals surface area contributed by atoms with Crippen LogP contribution in [0.3, 0.4) is 0 Å². The van der Waals surface area contributed by atoms with Crippen LogP contribution in [-0.2, 0) is 0 Å². The van der Waals surface area contributed by atoms with Crippen LogP contribution in [-0.4, -0.2) is 0 Å². The molecule has 0 aromatic rings. The molecule has 0 nitrogen and oxygen atoms in total. The van der Waals surface area contributed by atoms with E-state index in [9.17, 15) is 0 Å². The van der Waals surface area contributed by atoms with E-state index in [0.717, 1.165) is 0 Å². The van der Waals surface area contributed by atoms with Gasteiger partial charge in [0.05, 0.1) is 0 Å². The molecule has 0 rings (SSSR count). The maximum Gasteiger partial charge on any atom is 0 e. The maximum atomic E-state index is 3.36. The molecular weight excluding hydrogens is 40.0 g/mol.